The van der Waals surface area contributed by atoms with E-state index in [1.807, 2.05) is 19.1 Å². The fraction of sp³-hybridized carbons (Fsp3) is 0.130. The van der Waals surface area contributed by atoms with Gasteiger partial charge in [-0.1, -0.05) is 35.9 Å². The number of carboxylic acids is 1. The number of anilines is 1. The molecule has 3 aromatic rings. The number of aromatic nitrogens is 1. The molecule has 1 N–H and O–H groups in total. The number of hydrogen-bond donors (Lipinski definition) is 1. The smallest absolute Gasteiger partial charge is 0.338 e. The van der Waals surface area contributed by atoms with Crippen molar-refractivity contribution in [3.63, 3.8) is 0 Å². The van der Waals surface area contributed by atoms with Crippen LogP contribution in [0.3, 0.4) is 0 Å². The number of urea groups is 1. The van der Waals surface area contributed by atoms with E-state index in [-0.39, 0.29) is 12.1 Å². The van der Waals surface area contributed by atoms with Gasteiger partial charge < -0.3 is 9.67 Å². The van der Waals surface area contributed by atoms with Crippen molar-refractivity contribution >= 4 is 46.5 Å². The van der Waals surface area contributed by atoms with Crippen LogP contribution in [0, 0.1) is 6.92 Å². The molecule has 0 spiro atoms. The second-order valence-electron chi connectivity index (χ2n) is 7.29. The number of fused-ring (bicyclic) bond motifs is 1. The predicted molar refractivity (Wildman–Crippen MR) is 114 cm³/mol. The van der Waals surface area contributed by atoms with Crippen LogP contribution in [0.2, 0.25) is 0 Å². The van der Waals surface area contributed by atoms with Gasteiger partial charge in [0.25, 0.3) is 11.8 Å². The van der Waals surface area contributed by atoms with E-state index < -0.39 is 23.8 Å². The number of amides is 4. The molecule has 31 heavy (non-hydrogen) atoms. The van der Waals surface area contributed by atoms with Crippen molar-refractivity contribution in [2.24, 2.45) is 0 Å². The number of para-hydroxylation sites is 1. The number of carboxylic acid groups (broad SMARTS) is 1. The molecule has 0 unspecified atom stereocenters. The maximum Gasteiger partial charge on any atom is 0.338 e. The van der Waals surface area contributed by atoms with E-state index in [0.29, 0.717) is 16.9 Å². The molecule has 1 aliphatic heterocycles. The Morgan fingerprint density at radius 3 is 2.35 bits per heavy atom. The van der Waals surface area contributed by atoms with Gasteiger partial charge in [0, 0.05) is 23.6 Å². The Hall–Kier alpha value is -4.20. The molecule has 1 fully saturated rings. The zero-order chi connectivity index (χ0) is 22.3. The lowest BCUT2D eigenvalue weighted by atomic mass is 10.1. The van der Waals surface area contributed by atoms with Gasteiger partial charge in [-0.25, -0.2) is 9.69 Å². The van der Waals surface area contributed by atoms with Gasteiger partial charge in [-0.05, 0) is 37.3 Å². The SMILES string of the molecule is Cc1ccc(N2C(=O)/C(=C\c3cc4ccccc4n3CC(=O)O)C(=O)N(C)C2=O)cc1. The Balaban J connectivity index is 1.85. The number of aryl methyl sites for hydroxylation is 1. The Morgan fingerprint density at radius 1 is 1.00 bits per heavy atom. The van der Waals surface area contributed by atoms with Gasteiger partial charge in [0.1, 0.15) is 12.1 Å². The first-order valence-corrected chi connectivity index (χ1v) is 9.53. The van der Waals surface area contributed by atoms with Crippen LogP contribution in [-0.4, -0.2) is 45.4 Å². The Morgan fingerprint density at radius 2 is 1.68 bits per heavy atom. The molecule has 0 aliphatic carbocycles. The summed E-state index contributed by atoms with van der Waals surface area (Å²) in [5, 5.41) is 10.1. The van der Waals surface area contributed by atoms with Crippen molar-refractivity contribution < 1.29 is 24.3 Å². The first-order valence-electron chi connectivity index (χ1n) is 9.53. The van der Waals surface area contributed by atoms with E-state index in [9.17, 15) is 24.3 Å². The summed E-state index contributed by atoms with van der Waals surface area (Å²) in [6.45, 7) is 1.54. The van der Waals surface area contributed by atoms with Crippen LogP contribution in [-0.2, 0) is 20.9 Å². The maximum absolute atomic E-state index is 13.2. The molecule has 8 heteroatoms. The number of rotatable bonds is 4. The number of nitrogens with zero attached hydrogens (tertiary/aromatic N) is 3. The first kappa shape index (κ1) is 20.1. The van der Waals surface area contributed by atoms with Crippen LogP contribution in [0.1, 0.15) is 11.3 Å². The molecule has 4 rings (SSSR count). The summed E-state index contributed by atoms with van der Waals surface area (Å²) in [6, 6.07) is 14.9. The standard InChI is InChI=1S/C23H19N3O5/c1-14-7-9-16(10-8-14)26-22(30)18(21(29)24(2)23(26)31)12-17-11-15-5-3-4-6-19(15)25(17)13-20(27)28/h3-12H,13H2,1-2H3,(H,27,28)/b18-12-. The second-order valence-corrected chi connectivity index (χ2v) is 7.29. The predicted octanol–water partition coefficient (Wildman–Crippen LogP) is 3.04. The van der Waals surface area contributed by atoms with Crippen molar-refractivity contribution in [3.8, 4) is 0 Å². The normalized spacial score (nSPS) is 15.9. The minimum Gasteiger partial charge on any atom is -0.480 e. The first-order chi connectivity index (χ1) is 14.8. The van der Waals surface area contributed by atoms with Crippen LogP contribution in [0.4, 0.5) is 10.5 Å². The fourth-order valence-corrected chi connectivity index (χ4v) is 3.57. The average Bonchev–Trinajstić information content (AvgIpc) is 3.08. The number of carbonyl (C=O) groups excluding carboxylic acids is 3. The molecule has 0 atom stereocenters. The third-order valence-electron chi connectivity index (χ3n) is 5.17. The van der Waals surface area contributed by atoms with E-state index in [4.69, 9.17) is 0 Å². The zero-order valence-electron chi connectivity index (χ0n) is 16.9. The summed E-state index contributed by atoms with van der Waals surface area (Å²) in [5.74, 6) is -2.56. The average molecular weight is 417 g/mol. The summed E-state index contributed by atoms with van der Waals surface area (Å²) in [5.41, 5.74) is 2.12. The number of carbonyl (C=O) groups is 4. The summed E-state index contributed by atoms with van der Waals surface area (Å²) < 4.78 is 1.51. The minimum atomic E-state index is -1.06. The van der Waals surface area contributed by atoms with Gasteiger partial charge >= 0.3 is 12.0 Å². The Labute approximate surface area is 177 Å². The molecule has 1 aliphatic rings. The summed E-state index contributed by atoms with van der Waals surface area (Å²) in [7, 11) is 1.30. The number of imide groups is 2. The molecule has 0 saturated carbocycles. The molecule has 2 aromatic carbocycles. The van der Waals surface area contributed by atoms with Crippen LogP contribution in [0.15, 0.2) is 60.2 Å². The van der Waals surface area contributed by atoms with Crippen LogP contribution >= 0.6 is 0 Å². The minimum absolute atomic E-state index is 0.225. The highest BCUT2D eigenvalue weighted by Crippen LogP contribution is 2.27. The lowest BCUT2D eigenvalue weighted by molar-refractivity contribution is -0.137. The van der Waals surface area contributed by atoms with Crippen LogP contribution in [0.25, 0.3) is 17.0 Å². The van der Waals surface area contributed by atoms with Gasteiger partial charge in [-0.2, -0.15) is 0 Å². The summed E-state index contributed by atoms with van der Waals surface area (Å²) in [6.07, 6.45) is 1.34. The number of barbiturate groups is 1. The molecule has 4 amide bonds. The van der Waals surface area contributed by atoms with Gasteiger partial charge in [0.05, 0.1) is 5.69 Å². The van der Waals surface area contributed by atoms with Gasteiger partial charge in [0.2, 0.25) is 0 Å². The van der Waals surface area contributed by atoms with Crippen molar-refractivity contribution in [2.45, 2.75) is 13.5 Å². The van der Waals surface area contributed by atoms with Gasteiger partial charge in [0.15, 0.2) is 0 Å². The third-order valence-corrected chi connectivity index (χ3v) is 5.17. The van der Waals surface area contributed by atoms with Gasteiger partial charge in [-0.15, -0.1) is 0 Å². The van der Waals surface area contributed by atoms with Crippen molar-refractivity contribution in [1.82, 2.24) is 9.47 Å². The molecule has 2 heterocycles. The molecule has 0 bridgehead atoms. The Kier molecular flexibility index (Phi) is 4.90. The van der Waals surface area contributed by atoms with E-state index in [0.717, 1.165) is 20.7 Å². The highest BCUT2D eigenvalue weighted by molar-refractivity contribution is 6.39. The molecule has 1 aromatic heterocycles. The number of likely N-dealkylation sites (N-methyl/N-ethyl adjacent to an activating group) is 1. The largest absolute Gasteiger partial charge is 0.480 e. The monoisotopic (exact) mass is 417 g/mol. The maximum atomic E-state index is 13.2. The quantitative estimate of drug-likeness (QED) is 0.520. The van der Waals surface area contributed by atoms with Crippen molar-refractivity contribution in [3.05, 3.63) is 71.4 Å². The zero-order valence-corrected chi connectivity index (χ0v) is 16.9. The van der Waals surface area contributed by atoms with E-state index in [2.05, 4.69) is 0 Å². The highest BCUT2D eigenvalue weighted by atomic mass is 16.4. The number of hydrogen-bond acceptors (Lipinski definition) is 4. The number of aliphatic carboxylic acids is 1. The highest BCUT2D eigenvalue weighted by Gasteiger charge is 2.41. The Bertz CT molecular complexity index is 1270. The molecule has 156 valence electrons. The fourth-order valence-electron chi connectivity index (χ4n) is 3.57. The van der Waals surface area contributed by atoms with Crippen molar-refractivity contribution in [1.29, 1.82) is 0 Å². The molecular formula is C23H19N3O5. The molecule has 8 nitrogen and oxygen atoms in total. The second kappa shape index (κ2) is 7.56. The van der Waals surface area contributed by atoms with E-state index >= 15 is 0 Å². The van der Waals surface area contributed by atoms with E-state index in [1.54, 1.807) is 42.5 Å². The topological polar surface area (TPSA) is 99.9 Å². The molecule has 0 radical (unpaired) electrons. The van der Waals surface area contributed by atoms with Gasteiger partial charge in [-0.3, -0.25) is 19.3 Å². The van der Waals surface area contributed by atoms with Crippen LogP contribution in [0.5, 0.6) is 0 Å². The number of benzene rings is 2. The summed E-state index contributed by atoms with van der Waals surface area (Å²) >= 11 is 0. The third kappa shape index (κ3) is 3.48. The van der Waals surface area contributed by atoms with Crippen molar-refractivity contribution in [2.75, 3.05) is 11.9 Å². The van der Waals surface area contributed by atoms with Crippen LogP contribution < -0.4 is 4.90 Å². The molecule has 1 saturated heterocycles. The van der Waals surface area contributed by atoms with E-state index in [1.165, 1.54) is 17.7 Å². The summed E-state index contributed by atoms with van der Waals surface area (Å²) in [4.78, 5) is 51.9. The molecular weight excluding hydrogens is 398 g/mol. The lowest BCUT2D eigenvalue weighted by Gasteiger charge is -2.31. The lowest BCUT2D eigenvalue weighted by Crippen LogP contribution is -2.55.